The van der Waals surface area contributed by atoms with Gasteiger partial charge in [-0.3, -0.25) is 9.78 Å². The highest BCUT2D eigenvalue weighted by Crippen LogP contribution is 2.29. The van der Waals surface area contributed by atoms with Crippen LogP contribution in [0.1, 0.15) is 22.0 Å². The molecule has 0 bridgehead atoms. The van der Waals surface area contributed by atoms with Gasteiger partial charge in [-0.1, -0.05) is 40.9 Å². The quantitative estimate of drug-likeness (QED) is 0.891. The Kier molecular flexibility index (Phi) is 5.42. The molecule has 0 spiro atoms. The summed E-state index contributed by atoms with van der Waals surface area (Å²) >= 11 is 17.9. The zero-order chi connectivity index (χ0) is 15.4. The number of nitrogens with zero attached hydrogens (tertiary/aromatic N) is 1. The zero-order valence-electron chi connectivity index (χ0n) is 10.7. The number of hydrogen-bond acceptors (Lipinski definition) is 3. The molecule has 2 rings (SSSR count). The van der Waals surface area contributed by atoms with Crippen molar-refractivity contribution in [3.05, 3.63) is 62.9 Å². The van der Waals surface area contributed by atoms with E-state index >= 15 is 0 Å². The fraction of sp³-hybridized carbons (Fsp3) is 0.143. The summed E-state index contributed by atoms with van der Waals surface area (Å²) < 4.78 is 0. The molecule has 1 atom stereocenters. The number of benzene rings is 1. The van der Waals surface area contributed by atoms with Gasteiger partial charge in [-0.15, -0.1) is 0 Å². The van der Waals surface area contributed by atoms with Gasteiger partial charge in [0.05, 0.1) is 16.7 Å². The van der Waals surface area contributed by atoms with E-state index in [9.17, 15) is 9.90 Å². The van der Waals surface area contributed by atoms with E-state index in [-0.39, 0.29) is 17.1 Å². The molecule has 21 heavy (non-hydrogen) atoms. The minimum Gasteiger partial charge on any atom is -0.386 e. The molecule has 1 aromatic heterocycles. The number of hydrogen-bond donors (Lipinski definition) is 2. The van der Waals surface area contributed by atoms with Crippen LogP contribution in [-0.2, 0) is 0 Å². The molecular weight excluding hydrogens is 335 g/mol. The van der Waals surface area contributed by atoms with E-state index in [1.165, 1.54) is 18.5 Å². The number of aromatic nitrogens is 1. The molecule has 0 fully saturated rings. The van der Waals surface area contributed by atoms with Crippen LogP contribution in [0.4, 0.5) is 0 Å². The van der Waals surface area contributed by atoms with Crippen molar-refractivity contribution in [3.8, 4) is 0 Å². The average molecular weight is 346 g/mol. The van der Waals surface area contributed by atoms with Crippen molar-refractivity contribution in [2.75, 3.05) is 6.54 Å². The molecule has 2 aromatic rings. The summed E-state index contributed by atoms with van der Waals surface area (Å²) in [5, 5.41) is 13.6. The van der Waals surface area contributed by atoms with Gasteiger partial charge in [0.1, 0.15) is 0 Å². The van der Waals surface area contributed by atoms with Crippen molar-refractivity contribution in [1.29, 1.82) is 0 Å². The fourth-order valence-corrected chi connectivity index (χ4v) is 2.63. The lowest BCUT2D eigenvalue weighted by atomic mass is 10.1. The second-order valence-electron chi connectivity index (χ2n) is 4.22. The lowest BCUT2D eigenvalue weighted by Gasteiger charge is -2.15. The highest BCUT2D eigenvalue weighted by Gasteiger charge is 2.17. The van der Waals surface area contributed by atoms with Gasteiger partial charge in [0.2, 0.25) is 0 Å². The first-order valence-electron chi connectivity index (χ1n) is 6.00. The summed E-state index contributed by atoms with van der Waals surface area (Å²) in [6.07, 6.45) is 1.82. The van der Waals surface area contributed by atoms with Gasteiger partial charge < -0.3 is 10.4 Å². The van der Waals surface area contributed by atoms with Crippen molar-refractivity contribution in [2.24, 2.45) is 0 Å². The largest absolute Gasteiger partial charge is 0.386 e. The molecule has 7 heteroatoms. The number of aliphatic hydroxyl groups excluding tert-OH is 1. The van der Waals surface area contributed by atoms with E-state index in [4.69, 9.17) is 34.8 Å². The third-order valence-corrected chi connectivity index (χ3v) is 3.77. The predicted octanol–water partition coefficient (Wildman–Crippen LogP) is 3.51. The van der Waals surface area contributed by atoms with Gasteiger partial charge >= 0.3 is 0 Å². The Morgan fingerprint density at radius 3 is 2.48 bits per heavy atom. The van der Waals surface area contributed by atoms with E-state index in [1.807, 2.05) is 0 Å². The molecule has 110 valence electrons. The van der Waals surface area contributed by atoms with Crippen LogP contribution in [0.15, 0.2) is 36.7 Å². The number of halogens is 3. The summed E-state index contributed by atoms with van der Waals surface area (Å²) in [5.74, 6) is -0.412. The van der Waals surface area contributed by atoms with Crippen LogP contribution in [0.2, 0.25) is 15.1 Å². The molecule has 0 radical (unpaired) electrons. The van der Waals surface area contributed by atoms with Gasteiger partial charge in [0.25, 0.3) is 5.91 Å². The summed E-state index contributed by atoms with van der Waals surface area (Å²) in [4.78, 5) is 15.8. The zero-order valence-corrected chi connectivity index (χ0v) is 13.0. The molecule has 2 N–H and O–H groups in total. The van der Waals surface area contributed by atoms with Gasteiger partial charge in [-0.25, -0.2) is 0 Å². The van der Waals surface area contributed by atoms with Crippen LogP contribution in [0.5, 0.6) is 0 Å². The molecule has 1 amide bonds. The minimum atomic E-state index is -1.02. The molecule has 1 unspecified atom stereocenters. The first kappa shape index (κ1) is 16.0. The first-order valence-corrected chi connectivity index (χ1v) is 7.13. The van der Waals surface area contributed by atoms with E-state index in [0.29, 0.717) is 15.6 Å². The Morgan fingerprint density at radius 1 is 1.19 bits per heavy atom. The predicted molar refractivity (Wildman–Crippen MR) is 83.0 cm³/mol. The van der Waals surface area contributed by atoms with Crippen LogP contribution in [0.25, 0.3) is 0 Å². The molecule has 1 aromatic carbocycles. The summed E-state index contributed by atoms with van der Waals surface area (Å²) in [6, 6.07) is 6.41. The second kappa shape index (κ2) is 7.09. The van der Waals surface area contributed by atoms with Gasteiger partial charge in [0.15, 0.2) is 0 Å². The molecule has 0 aliphatic rings. The normalized spacial score (nSPS) is 12.0. The van der Waals surface area contributed by atoms with Crippen molar-refractivity contribution in [3.63, 3.8) is 0 Å². The maximum Gasteiger partial charge on any atom is 0.253 e. The third-order valence-electron chi connectivity index (χ3n) is 2.81. The van der Waals surface area contributed by atoms with E-state index < -0.39 is 12.0 Å². The third kappa shape index (κ3) is 3.86. The summed E-state index contributed by atoms with van der Waals surface area (Å²) in [7, 11) is 0. The van der Waals surface area contributed by atoms with Crippen LogP contribution < -0.4 is 5.32 Å². The molecule has 0 saturated carbocycles. The number of carbonyl (C=O) groups is 1. The van der Waals surface area contributed by atoms with E-state index in [1.54, 1.807) is 18.2 Å². The van der Waals surface area contributed by atoms with Gasteiger partial charge in [-0.05, 0) is 18.2 Å². The highest BCUT2D eigenvalue weighted by atomic mass is 35.5. The van der Waals surface area contributed by atoms with Crippen molar-refractivity contribution in [2.45, 2.75) is 6.10 Å². The molecule has 0 saturated heterocycles. The number of rotatable bonds is 4. The van der Waals surface area contributed by atoms with Crippen molar-refractivity contribution in [1.82, 2.24) is 10.3 Å². The Bertz CT molecular complexity index is 644. The van der Waals surface area contributed by atoms with E-state index in [0.717, 1.165) is 0 Å². The molecule has 1 heterocycles. The summed E-state index contributed by atoms with van der Waals surface area (Å²) in [6.45, 7) is -0.0407. The first-order chi connectivity index (χ1) is 10.0. The number of aliphatic hydroxyl groups is 1. The van der Waals surface area contributed by atoms with Crippen LogP contribution in [-0.4, -0.2) is 22.5 Å². The molecule has 0 aliphatic carbocycles. The van der Waals surface area contributed by atoms with Gasteiger partial charge in [0, 0.05) is 34.5 Å². The molecular formula is C14H11Cl3N2O2. The molecule has 0 aliphatic heterocycles. The number of pyridine rings is 1. The lowest BCUT2D eigenvalue weighted by molar-refractivity contribution is 0.0916. The topological polar surface area (TPSA) is 62.2 Å². The average Bonchev–Trinajstić information content (AvgIpc) is 2.45. The van der Waals surface area contributed by atoms with Gasteiger partial charge in [-0.2, -0.15) is 0 Å². The number of nitrogens with one attached hydrogen (secondary N) is 1. The Balaban J connectivity index is 2.06. The highest BCUT2D eigenvalue weighted by molar-refractivity contribution is 6.36. The molecule has 4 nitrogen and oxygen atoms in total. The smallest absolute Gasteiger partial charge is 0.253 e. The monoisotopic (exact) mass is 344 g/mol. The fourth-order valence-electron chi connectivity index (χ4n) is 1.78. The maximum absolute atomic E-state index is 12.0. The Morgan fingerprint density at radius 2 is 1.86 bits per heavy atom. The second-order valence-corrected chi connectivity index (χ2v) is 5.44. The van der Waals surface area contributed by atoms with Crippen LogP contribution >= 0.6 is 34.8 Å². The summed E-state index contributed by atoms with van der Waals surface area (Å²) in [5.41, 5.74) is 0.658. The van der Waals surface area contributed by atoms with Crippen molar-refractivity contribution >= 4 is 40.7 Å². The van der Waals surface area contributed by atoms with Crippen LogP contribution in [0.3, 0.4) is 0 Å². The maximum atomic E-state index is 12.0. The van der Waals surface area contributed by atoms with Crippen LogP contribution in [0, 0.1) is 0 Å². The lowest BCUT2D eigenvalue weighted by Crippen LogP contribution is -2.28. The number of amides is 1. The van der Waals surface area contributed by atoms with Crippen molar-refractivity contribution < 1.29 is 9.90 Å². The SMILES string of the molecule is O=C(NCC(O)c1c(Cl)cccc1Cl)c1ccncc1Cl. The Hall–Kier alpha value is -1.33. The Labute approximate surface area is 136 Å². The standard InChI is InChI=1S/C14H11Cl3N2O2/c15-9-2-1-3-10(16)13(9)12(20)7-19-14(21)8-4-5-18-6-11(8)17/h1-6,12,20H,7H2,(H,19,21). The van der Waals surface area contributed by atoms with E-state index in [2.05, 4.69) is 10.3 Å². The minimum absolute atomic E-state index is 0.0407. The number of carbonyl (C=O) groups excluding carboxylic acids is 1.